The standard InChI is InChI=1S/C9H7N3O2/c1-6-9-7(3-2-4-10-9)8(5-11-6)12(13)14/h2-5H,1H3. The van der Waals surface area contributed by atoms with Crippen molar-refractivity contribution in [1.82, 2.24) is 9.97 Å². The van der Waals surface area contributed by atoms with Crippen molar-refractivity contribution >= 4 is 16.6 Å². The van der Waals surface area contributed by atoms with Crippen molar-refractivity contribution in [2.45, 2.75) is 6.92 Å². The number of rotatable bonds is 1. The van der Waals surface area contributed by atoms with Crippen LogP contribution in [-0.4, -0.2) is 14.9 Å². The van der Waals surface area contributed by atoms with Gasteiger partial charge in [-0.3, -0.25) is 20.1 Å². The quantitative estimate of drug-likeness (QED) is 0.507. The average Bonchev–Trinajstić information content (AvgIpc) is 2.18. The van der Waals surface area contributed by atoms with Crippen LogP contribution in [0.5, 0.6) is 0 Å². The maximum Gasteiger partial charge on any atom is 0.296 e. The Bertz CT molecular complexity index is 510. The molecule has 0 radical (unpaired) electrons. The van der Waals surface area contributed by atoms with E-state index in [4.69, 9.17) is 0 Å². The zero-order chi connectivity index (χ0) is 10.1. The molecule has 2 rings (SSSR count). The largest absolute Gasteiger partial charge is 0.296 e. The molecule has 0 unspecified atom stereocenters. The van der Waals surface area contributed by atoms with Crippen molar-refractivity contribution in [1.29, 1.82) is 0 Å². The van der Waals surface area contributed by atoms with Crippen LogP contribution >= 0.6 is 0 Å². The Hall–Kier alpha value is -2.04. The SMILES string of the molecule is Cc1ncc([N+](=O)[O-])c2cccnc12. The molecule has 0 saturated carbocycles. The van der Waals surface area contributed by atoms with E-state index in [0.717, 1.165) is 0 Å². The lowest BCUT2D eigenvalue weighted by Crippen LogP contribution is -1.94. The fourth-order valence-corrected chi connectivity index (χ4v) is 1.33. The van der Waals surface area contributed by atoms with Crippen molar-refractivity contribution in [3.05, 3.63) is 40.3 Å². The third-order valence-corrected chi connectivity index (χ3v) is 2.00. The van der Waals surface area contributed by atoms with Crippen LogP contribution in [0.15, 0.2) is 24.5 Å². The molecule has 0 bridgehead atoms. The molecule has 14 heavy (non-hydrogen) atoms. The Balaban J connectivity index is 2.88. The third-order valence-electron chi connectivity index (χ3n) is 2.00. The van der Waals surface area contributed by atoms with Crippen LogP contribution in [0.1, 0.15) is 5.69 Å². The number of hydrogen-bond acceptors (Lipinski definition) is 4. The Kier molecular flexibility index (Phi) is 1.85. The predicted molar refractivity (Wildman–Crippen MR) is 50.9 cm³/mol. The molecule has 2 heterocycles. The number of nitrogens with zero attached hydrogens (tertiary/aromatic N) is 3. The first-order chi connectivity index (χ1) is 6.70. The molecule has 0 amide bonds. The minimum Gasteiger partial charge on any atom is -0.258 e. The summed E-state index contributed by atoms with van der Waals surface area (Å²) < 4.78 is 0. The molecule has 0 aromatic carbocycles. The van der Waals surface area contributed by atoms with Crippen molar-refractivity contribution < 1.29 is 4.92 Å². The Morgan fingerprint density at radius 3 is 2.93 bits per heavy atom. The second-order valence-electron chi connectivity index (χ2n) is 2.89. The van der Waals surface area contributed by atoms with Crippen LogP contribution in [0.3, 0.4) is 0 Å². The van der Waals surface area contributed by atoms with Gasteiger partial charge in [0.15, 0.2) is 0 Å². The molecule has 0 spiro atoms. The fraction of sp³-hybridized carbons (Fsp3) is 0.111. The number of aromatic nitrogens is 2. The highest BCUT2D eigenvalue weighted by Crippen LogP contribution is 2.23. The van der Waals surface area contributed by atoms with E-state index in [1.165, 1.54) is 6.20 Å². The van der Waals surface area contributed by atoms with Gasteiger partial charge in [0.2, 0.25) is 0 Å². The molecule has 0 atom stereocenters. The van der Waals surface area contributed by atoms with Crippen molar-refractivity contribution in [3.8, 4) is 0 Å². The molecule has 0 aliphatic heterocycles. The van der Waals surface area contributed by atoms with E-state index in [1.807, 2.05) is 0 Å². The van der Waals surface area contributed by atoms with Crippen LogP contribution in [0, 0.1) is 17.0 Å². The van der Waals surface area contributed by atoms with Crippen molar-refractivity contribution in [3.63, 3.8) is 0 Å². The topological polar surface area (TPSA) is 68.9 Å². The first kappa shape index (κ1) is 8.55. The molecule has 70 valence electrons. The summed E-state index contributed by atoms with van der Waals surface area (Å²) in [4.78, 5) is 18.2. The molecule has 5 nitrogen and oxygen atoms in total. The average molecular weight is 189 g/mol. The van der Waals surface area contributed by atoms with E-state index in [-0.39, 0.29) is 5.69 Å². The number of nitro groups is 1. The molecule has 2 aromatic rings. The zero-order valence-electron chi connectivity index (χ0n) is 7.47. The fourth-order valence-electron chi connectivity index (χ4n) is 1.33. The van der Waals surface area contributed by atoms with E-state index < -0.39 is 4.92 Å². The molecule has 0 N–H and O–H groups in total. The Morgan fingerprint density at radius 2 is 2.21 bits per heavy atom. The summed E-state index contributed by atoms with van der Waals surface area (Å²) in [5.74, 6) is 0. The van der Waals surface area contributed by atoms with Gasteiger partial charge in [0.25, 0.3) is 5.69 Å². The highest BCUT2D eigenvalue weighted by Gasteiger charge is 2.13. The van der Waals surface area contributed by atoms with E-state index in [9.17, 15) is 10.1 Å². The normalized spacial score (nSPS) is 10.4. The van der Waals surface area contributed by atoms with Crippen LogP contribution in [0.2, 0.25) is 0 Å². The summed E-state index contributed by atoms with van der Waals surface area (Å²) in [7, 11) is 0. The first-order valence-corrected chi connectivity index (χ1v) is 4.05. The maximum absolute atomic E-state index is 10.7. The monoisotopic (exact) mass is 189 g/mol. The van der Waals surface area contributed by atoms with Gasteiger partial charge >= 0.3 is 0 Å². The molecular formula is C9H7N3O2. The Morgan fingerprint density at radius 1 is 1.43 bits per heavy atom. The smallest absolute Gasteiger partial charge is 0.258 e. The Labute approximate surface area is 79.6 Å². The van der Waals surface area contributed by atoms with Gasteiger partial charge < -0.3 is 0 Å². The van der Waals surface area contributed by atoms with Crippen molar-refractivity contribution in [2.24, 2.45) is 0 Å². The molecule has 0 aliphatic carbocycles. The van der Waals surface area contributed by atoms with Gasteiger partial charge in [0.1, 0.15) is 6.20 Å². The van der Waals surface area contributed by atoms with Gasteiger partial charge in [-0.1, -0.05) is 0 Å². The number of fused-ring (bicyclic) bond motifs is 1. The van der Waals surface area contributed by atoms with Crippen molar-refractivity contribution in [2.75, 3.05) is 0 Å². The minimum absolute atomic E-state index is 0.00120. The zero-order valence-corrected chi connectivity index (χ0v) is 7.47. The second kappa shape index (κ2) is 3.02. The summed E-state index contributed by atoms with van der Waals surface area (Å²) in [6.45, 7) is 1.78. The summed E-state index contributed by atoms with van der Waals surface area (Å²) in [5.41, 5.74) is 1.28. The first-order valence-electron chi connectivity index (χ1n) is 4.05. The van der Waals surface area contributed by atoms with Gasteiger partial charge in [0.05, 0.1) is 21.5 Å². The molecule has 0 saturated heterocycles. The van der Waals surface area contributed by atoms with Crippen LogP contribution in [0.4, 0.5) is 5.69 Å². The number of pyridine rings is 2. The summed E-state index contributed by atoms with van der Waals surface area (Å²) in [6, 6.07) is 3.35. The summed E-state index contributed by atoms with van der Waals surface area (Å²) >= 11 is 0. The van der Waals surface area contributed by atoms with Gasteiger partial charge in [-0.05, 0) is 19.1 Å². The second-order valence-corrected chi connectivity index (χ2v) is 2.89. The highest BCUT2D eigenvalue weighted by atomic mass is 16.6. The summed E-state index contributed by atoms with van der Waals surface area (Å²) in [6.07, 6.45) is 2.86. The molecule has 0 fully saturated rings. The lowest BCUT2D eigenvalue weighted by molar-refractivity contribution is -0.383. The van der Waals surface area contributed by atoms with Crippen LogP contribution < -0.4 is 0 Å². The van der Waals surface area contributed by atoms with E-state index in [0.29, 0.717) is 16.6 Å². The van der Waals surface area contributed by atoms with E-state index >= 15 is 0 Å². The highest BCUT2D eigenvalue weighted by molar-refractivity contribution is 5.88. The van der Waals surface area contributed by atoms with E-state index in [1.54, 1.807) is 25.3 Å². The third kappa shape index (κ3) is 1.19. The minimum atomic E-state index is -0.448. The summed E-state index contributed by atoms with van der Waals surface area (Å²) in [5, 5.41) is 11.2. The van der Waals surface area contributed by atoms with E-state index in [2.05, 4.69) is 9.97 Å². The maximum atomic E-state index is 10.7. The molecule has 5 heteroatoms. The van der Waals surface area contributed by atoms with Gasteiger partial charge in [-0.15, -0.1) is 0 Å². The van der Waals surface area contributed by atoms with Gasteiger partial charge in [-0.2, -0.15) is 0 Å². The lowest BCUT2D eigenvalue weighted by atomic mass is 10.2. The van der Waals surface area contributed by atoms with Gasteiger partial charge in [0, 0.05) is 6.20 Å². The van der Waals surface area contributed by atoms with Crippen LogP contribution in [0.25, 0.3) is 10.9 Å². The molecular weight excluding hydrogens is 182 g/mol. The lowest BCUT2D eigenvalue weighted by Gasteiger charge is -1.99. The number of hydrogen-bond donors (Lipinski definition) is 0. The number of aryl methyl sites for hydroxylation is 1. The molecule has 2 aromatic heterocycles. The van der Waals surface area contributed by atoms with Crippen LogP contribution in [-0.2, 0) is 0 Å². The molecule has 0 aliphatic rings. The predicted octanol–water partition coefficient (Wildman–Crippen LogP) is 1.85. The van der Waals surface area contributed by atoms with Gasteiger partial charge in [-0.25, -0.2) is 0 Å².